The largest absolute Gasteiger partial charge is 0.402 e. The molecule has 0 fully saturated rings. The summed E-state index contributed by atoms with van der Waals surface area (Å²) in [6.45, 7) is 1.55. The molecule has 0 aliphatic rings. The standard InChI is InChI=1S/C4H7FO4S.FH/c1-2-3-8-10(6,7)9-4-5;/h2H,1,3-4H2;1H. The normalized spacial score (nSPS) is 10.3. The SMILES string of the molecule is C=CCOS(=O)(=O)OCF.F. The first-order valence-corrected chi connectivity index (χ1v) is 3.66. The highest BCUT2D eigenvalue weighted by Gasteiger charge is 2.08. The van der Waals surface area contributed by atoms with Crippen LogP contribution >= 0.6 is 0 Å². The van der Waals surface area contributed by atoms with E-state index >= 15 is 0 Å². The molecule has 0 aliphatic carbocycles. The molecule has 0 aliphatic heterocycles. The van der Waals surface area contributed by atoms with Crippen molar-refractivity contribution in [3.63, 3.8) is 0 Å². The average Bonchev–Trinajstić information content (AvgIpc) is 1.84. The molecule has 0 radical (unpaired) electrons. The number of hydrogen-bond acceptors (Lipinski definition) is 4. The van der Waals surface area contributed by atoms with Crippen molar-refractivity contribution < 1.29 is 25.9 Å². The van der Waals surface area contributed by atoms with E-state index in [-0.39, 0.29) is 11.3 Å². The molecule has 0 N–H and O–H groups in total. The predicted octanol–water partition coefficient (Wildman–Crippen LogP) is 0.530. The van der Waals surface area contributed by atoms with Gasteiger partial charge in [0.15, 0.2) is 0 Å². The van der Waals surface area contributed by atoms with Gasteiger partial charge in [-0.1, -0.05) is 6.08 Å². The third-order valence-electron chi connectivity index (χ3n) is 0.519. The van der Waals surface area contributed by atoms with Crippen molar-refractivity contribution in [2.75, 3.05) is 13.5 Å². The van der Waals surface area contributed by atoms with Gasteiger partial charge in [-0.05, 0) is 0 Å². The van der Waals surface area contributed by atoms with Crippen LogP contribution in [0.5, 0.6) is 0 Å². The zero-order chi connectivity index (χ0) is 8.04. The van der Waals surface area contributed by atoms with Gasteiger partial charge in [0.2, 0.25) is 6.86 Å². The Morgan fingerprint density at radius 3 is 2.36 bits per heavy atom. The monoisotopic (exact) mass is 190 g/mol. The first-order valence-electron chi connectivity index (χ1n) is 2.33. The predicted molar refractivity (Wildman–Crippen MR) is 34.6 cm³/mol. The molecular weight excluding hydrogens is 182 g/mol. The van der Waals surface area contributed by atoms with E-state index < -0.39 is 17.3 Å². The molecule has 7 heteroatoms. The molecule has 0 spiro atoms. The van der Waals surface area contributed by atoms with E-state index in [1.807, 2.05) is 0 Å². The summed E-state index contributed by atoms with van der Waals surface area (Å²) in [7, 11) is -4.14. The molecule has 4 nitrogen and oxygen atoms in total. The second-order valence-corrected chi connectivity index (χ2v) is 2.50. The summed E-state index contributed by atoms with van der Waals surface area (Å²) in [6.07, 6.45) is 1.21. The zero-order valence-corrected chi connectivity index (χ0v) is 6.34. The number of rotatable bonds is 5. The quantitative estimate of drug-likeness (QED) is 0.593. The zero-order valence-electron chi connectivity index (χ0n) is 5.53. The molecule has 0 aromatic heterocycles. The summed E-state index contributed by atoms with van der Waals surface area (Å²) in [4.78, 5) is 0. The molecule has 0 aromatic rings. The van der Waals surface area contributed by atoms with Crippen LogP contribution < -0.4 is 0 Å². The van der Waals surface area contributed by atoms with Crippen LogP contribution in [-0.2, 0) is 18.8 Å². The molecule has 0 saturated heterocycles. The van der Waals surface area contributed by atoms with Crippen molar-refractivity contribution in [3.05, 3.63) is 12.7 Å². The van der Waals surface area contributed by atoms with E-state index in [0.717, 1.165) is 0 Å². The van der Waals surface area contributed by atoms with Crippen LogP contribution in [0.1, 0.15) is 0 Å². The number of alkyl halides is 1. The van der Waals surface area contributed by atoms with Crippen molar-refractivity contribution >= 4 is 10.4 Å². The topological polar surface area (TPSA) is 52.6 Å². The van der Waals surface area contributed by atoms with E-state index in [2.05, 4.69) is 14.9 Å². The second-order valence-electron chi connectivity index (χ2n) is 1.21. The van der Waals surface area contributed by atoms with Gasteiger partial charge in [-0.2, -0.15) is 8.42 Å². The van der Waals surface area contributed by atoms with Crippen LogP contribution in [0.25, 0.3) is 0 Å². The Labute approximate surface area is 63.3 Å². The molecule has 0 aromatic carbocycles. The van der Waals surface area contributed by atoms with Crippen molar-refractivity contribution in [2.45, 2.75) is 0 Å². The van der Waals surface area contributed by atoms with Gasteiger partial charge in [-0.3, -0.25) is 4.70 Å². The third kappa shape index (κ3) is 7.37. The molecule has 0 amide bonds. The van der Waals surface area contributed by atoms with Crippen LogP contribution in [0, 0.1) is 0 Å². The Morgan fingerprint density at radius 2 is 2.00 bits per heavy atom. The van der Waals surface area contributed by atoms with Gasteiger partial charge >= 0.3 is 10.4 Å². The summed E-state index contributed by atoms with van der Waals surface area (Å²) in [5, 5.41) is 0. The Hall–Kier alpha value is -0.530. The highest BCUT2D eigenvalue weighted by molar-refractivity contribution is 7.81. The molecule has 0 atom stereocenters. The Morgan fingerprint density at radius 1 is 1.45 bits per heavy atom. The molecule has 0 rings (SSSR count). The average molecular weight is 190 g/mol. The van der Waals surface area contributed by atoms with Gasteiger partial charge in [-0.25, -0.2) is 12.8 Å². The van der Waals surface area contributed by atoms with Crippen molar-refractivity contribution in [3.8, 4) is 0 Å². The van der Waals surface area contributed by atoms with Gasteiger partial charge in [0, 0.05) is 0 Å². The number of hydrogen-bond donors (Lipinski definition) is 0. The molecule has 68 valence electrons. The van der Waals surface area contributed by atoms with Gasteiger partial charge in [0.25, 0.3) is 0 Å². The molecule has 0 heterocycles. The molecule has 0 bridgehead atoms. The summed E-state index contributed by atoms with van der Waals surface area (Å²) in [5.41, 5.74) is 0. The van der Waals surface area contributed by atoms with Crippen LogP contribution in [0.15, 0.2) is 12.7 Å². The Bertz CT molecular complexity index is 188. The minimum atomic E-state index is -4.14. The van der Waals surface area contributed by atoms with Gasteiger partial charge in [-0.15, -0.1) is 6.58 Å². The Balaban J connectivity index is 0. The van der Waals surface area contributed by atoms with Crippen LogP contribution in [0.2, 0.25) is 0 Å². The molecule has 0 unspecified atom stereocenters. The van der Waals surface area contributed by atoms with Gasteiger partial charge in [0.1, 0.15) is 0 Å². The van der Waals surface area contributed by atoms with Crippen molar-refractivity contribution in [1.82, 2.24) is 0 Å². The van der Waals surface area contributed by atoms with Gasteiger partial charge < -0.3 is 0 Å². The fourth-order valence-electron chi connectivity index (χ4n) is 0.220. The fraction of sp³-hybridized carbons (Fsp3) is 0.500. The maximum absolute atomic E-state index is 11.2. The lowest BCUT2D eigenvalue weighted by atomic mass is 10.7. The first kappa shape index (κ1) is 13.1. The lowest BCUT2D eigenvalue weighted by molar-refractivity contribution is 0.158. The summed E-state index contributed by atoms with van der Waals surface area (Å²) in [6, 6.07) is 0. The first-order chi connectivity index (χ1) is 4.62. The van der Waals surface area contributed by atoms with E-state index in [1.54, 1.807) is 0 Å². The highest BCUT2D eigenvalue weighted by Crippen LogP contribution is 1.94. The highest BCUT2D eigenvalue weighted by atomic mass is 32.3. The van der Waals surface area contributed by atoms with Crippen molar-refractivity contribution in [1.29, 1.82) is 0 Å². The summed E-state index contributed by atoms with van der Waals surface area (Å²) >= 11 is 0. The minimum Gasteiger partial charge on any atom is -0.269 e. The lowest BCUT2D eigenvalue weighted by Gasteiger charge is -1.98. The van der Waals surface area contributed by atoms with E-state index in [0.29, 0.717) is 0 Å². The fourth-order valence-corrected chi connectivity index (χ4v) is 0.660. The maximum atomic E-state index is 11.2. The van der Waals surface area contributed by atoms with Crippen molar-refractivity contribution in [2.24, 2.45) is 0 Å². The summed E-state index contributed by atoms with van der Waals surface area (Å²) < 4.78 is 39.3. The Kier molecular flexibility index (Phi) is 7.37. The van der Waals surface area contributed by atoms with Crippen LogP contribution in [-0.4, -0.2) is 21.9 Å². The summed E-state index contributed by atoms with van der Waals surface area (Å²) in [5.74, 6) is 0. The molecule has 0 saturated carbocycles. The minimum absolute atomic E-state index is 0. The van der Waals surface area contributed by atoms with Gasteiger partial charge in [0.05, 0.1) is 6.61 Å². The lowest BCUT2D eigenvalue weighted by Crippen LogP contribution is -2.09. The molecular formula is C4H8F2O4S. The number of halogens is 2. The van der Waals surface area contributed by atoms with E-state index in [1.165, 1.54) is 6.08 Å². The third-order valence-corrected chi connectivity index (χ3v) is 1.32. The smallest absolute Gasteiger partial charge is 0.269 e. The van der Waals surface area contributed by atoms with E-state index in [9.17, 15) is 12.8 Å². The second kappa shape index (κ2) is 6.20. The van der Waals surface area contributed by atoms with Crippen LogP contribution in [0.4, 0.5) is 9.09 Å². The maximum Gasteiger partial charge on any atom is 0.402 e. The molecule has 11 heavy (non-hydrogen) atoms. The van der Waals surface area contributed by atoms with E-state index in [4.69, 9.17) is 0 Å². The van der Waals surface area contributed by atoms with Crippen LogP contribution in [0.3, 0.4) is 0 Å².